The van der Waals surface area contributed by atoms with Gasteiger partial charge in [0, 0.05) is 12.8 Å². The number of hydrogen-bond donors (Lipinski definition) is 1. The van der Waals surface area contributed by atoms with E-state index in [2.05, 4.69) is 5.32 Å². The number of carbonyl (C=O) groups excluding carboxylic acids is 1. The topological polar surface area (TPSA) is 128 Å². The van der Waals surface area contributed by atoms with Gasteiger partial charge in [0.25, 0.3) is 0 Å². The summed E-state index contributed by atoms with van der Waals surface area (Å²) >= 11 is 0. The number of carbonyl (C=O) groups is 1. The molecule has 0 saturated carbocycles. The van der Waals surface area contributed by atoms with Crippen LogP contribution in [0.4, 0.5) is 4.79 Å². The lowest BCUT2D eigenvalue weighted by Crippen LogP contribution is -2.26. The van der Waals surface area contributed by atoms with Crippen LogP contribution in [0, 0.1) is 0 Å². The van der Waals surface area contributed by atoms with Crippen LogP contribution >= 0.6 is 0 Å². The van der Waals surface area contributed by atoms with Crippen LogP contribution in [0.1, 0.15) is 55.1 Å². The van der Waals surface area contributed by atoms with Gasteiger partial charge in [0.05, 0.1) is 46.8 Å². The molecule has 1 aliphatic rings. The molecule has 1 saturated heterocycles. The molecule has 3 aromatic carbocycles. The monoisotopic (exact) mass is 643 g/mol. The summed E-state index contributed by atoms with van der Waals surface area (Å²) in [5.41, 5.74) is 2.40. The average molecular weight is 644 g/mol. The summed E-state index contributed by atoms with van der Waals surface area (Å²) in [5, 5.41) is 2.70. The highest BCUT2D eigenvalue weighted by molar-refractivity contribution is 7.90. The predicted molar refractivity (Wildman–Crippen MR) is 167 cm³/mol. The van der Waals surface area contributed by atoms with Gasteiger partial charge in [-0.25, -0.2) is 13.2 Å². The first-order valence-corrected chi connectivity index (χ1v) is 16.6. The average Bonchev–Trinajstić information content (AvgIpc) is 3.54. The molecule has 1 heterocycles. The summed E-state index contributed by atoms with van der Waals surface area (Å²) in [4.78, 5) is 12.1. The quantitative estimate of drug-likeness (QED) is 0.203. The van der Waals surface area contributed by atoms with E-state index in [0.717, 1.165) is 17.4 Å². The number of sulfone groups is 1. The molecule has 0 radical (unpaired) electrons. The molecule has 1 N–H and O–H groups in total. The van der Waals surface area contributed by atoms with E-state index in [1.54, 1.807) is 40.4 Å². The first-order chi connectivity index (χ1) is 21.7. The van der Waals surface area contributed by atoms with E-state index in [1.165, 1.54) is 0 Å². The second-order valence-electron chi connectivity index (χ2n) is 10.4. The minimum absolute atomic E-state index is 0.0271. The Hall–Kier alpha value is -4.16. The molecule has 1 fully saturated rings. The summed E-state index contributed by atoms with van der Waals surface area (Å²) in [7, 11) is 0.982. The largest absolute Gasteiger partial charge is 0.493 e. The molecule has 2 atom stereocenters. The smallest absolute Gasteiger partial charge is 0.407 e. The molecule has 0 bridgehead atoms. The number of rotatable bonds is 15. The van der Waals surface area contributed by atoms with E-state index in [0.29, 0.717) is 54.4 Å². The van der Waals surface area contributed by atoms with E-state index >= 15 is 0 Å². The molecule has 11 nitrogen and oxygen atoms in total. The Morgan fingerprint density at radius 2 is 1.49 bits per heavy atom. The number of hydrogen-bond acceptors (Lipinski definition) is 10. The molecule has 244 valence electrons. The van der Waals surface area contributed by atoms with Crippen LogP contribution in [0.5, 0.6) is 28.7 Å². The van der Waals surface area contributed by atoms with Gasteiger partial charge in [-0.15, -0.1) is 0 Å². The highest BCUT2D eigenvalue weighted by Gasteiger charge is 2.32. The van der Waals surface area contributed by atoms with Crippen molar-refractivity contribution in [1.82, 2.24) is 5.32 Å². The minimum atomic E-state index is -3.68. The maximum absolute atomic E-state index is 12.9. The number of ether oxygens (including phenoxy) is 7. The van der Waals surface area contributed by atoms with E-state index in [1.807, 2.05) is 42.5 Å². The molecule has 0 aromatic heterocycles. The van der Waals surface area contributed by atoms with E-state index in [-0.39, 0.29) is 36.6 Å². The summed E-state index contributed by atoms with van der Waals surface area (Å²) < 4.78 is 65.7. The van der Waals surface area contributed by atoms with E-state index in [4.69, 9.17) is 33.2 Å². The molecule has 12 heteroatoms. The van der Waals surface area contributed by atoms with Gasteiger partial charge in [-0.1, -0.05) is 30.3 Å². The van der Waals surface area contributed by atoms with Gasteiger partial charge < -0.3 is 38.5 Å². The van der Waals surface area contributed by atoms with Crippen molar-refractivity contribution in [3.8, 4) is 28.7 Å². The standard InChI is InChI=1S/C33H41NO10S/c1-6-41-32-29(42-16-10-15-34-33(35)43-21-22-11-8-7-9-12-22)19-24(20-30(32)45(5,36)37)26-14-13-25(44-26)23-17-27(38-2)31(40-4)28(18-23)39-3/h7-9,11-12,17-20,25-26H,6,10,13-16,21H2,1-5H3,(H,34,35)/t25-,26-/m0/s1. The summed E-state index contributed by atoms with van der Waals surface area (Å²) in [5.74, 6) is 1.98. The number of methoxy groups -OCH3 is 3. The lowest BCUT2D eigenvalue weighted by atomic mass is 10.0. The molecule has 3 aromatic rings. The van der Waals surface area contributed by atoms with Crippen molar-refractivity contribution in [1.29, 1.82) is 0 Å². The van der Waals surface area contributed by atoms with E-state index in [9.17, 15) is 13.2 Å². The summed E-state index contributed by atoms with van der Waals surface area (Å²) in [6.07, 6.45) is 1.71. The van der Waals surface area contributed by atoms with Crippen LogP contribution in [0.2, 0.25) is 0 Å². The van der Waals surface area contributed by atoms with E-state index < -0.39 is 22.0 Å². The summed E-state index contributed by atoms with van der Waals surface area (Å²) in [6, 6.07) is 16.5. The zero-order chi connectivity index (χ0) is 32.4. The van der Waals surface area contributed by atoms with Gasteiger partial charge >= 0.3 is 6.09 Å². The summed E-state index contributed by atoms with van der Waals surface area (Å²) in [6.45, 7) is 2.70. The van der Waals surface area contributed by atoms with Gasteiger partial charge in [0.1, 0.15) is 11.5 Å². The lowest BCUT2D eigenvalue weighted by Gasteiger charge is -2.21. The Morgan fingerprint density at radius 3 is 2.07 bits per heavy atom. The third kappa shape index (κ3) is 8.73. The fraction of sp³-hybridized carbons (Fsp3) is 0.424. The number of amides is 1. The first-order valence-electron chi connectivity index (χ1n) is 14.7. The van der Waals surface area contributed by atoms with Gasteiger partial charge in [-0.05, 0) is 67.1 Å². The molecular weight excluding hydrogens is 602 g/mol. The minimum Gasteiger partial charge on any atom is -0.493 e. The van der Waals surface area contributed by atoms with Crippen molar-refractivity contribution in [3.05, 3.63) is 71.3 Å². The maximum Gasteiger partial charge on any atom is 0.407 e. The molecule has 1 aliphatic heterocycles. The highest BCUT2D eigenvalue weighted by Crippen LogP contribution is 2.48. The fourth-order valence-corrected chi connectivity index (χ4v) is 5.93. The SMILES string of the molecule is CCOc1c(OCCCNC(=O)OCc2ccccc2)cc([C@@H]2CC[C@@H](c3cc(OC)c(OC)c(OC)c3)O2)cc1S(C)(=O)=O. The van der Waals surface area contributed by atoms with Crippen molar-refractivity contribution < 1.29 is 46.4 Å². The number of benzene rings is 3. The fourth-order valence-electron chi connectivity index (χ4n) is 5.09. The van der Waals surface area contributed by atoms with Crippen molar-refractivity contribution in [2.45, 2.75) is 49.9 Å². The van der Waals surface area contributed by atoms with Crippen LogP contribution in [-0.2, 0) is 25.9 Å². The van der Waals surface area contributed by atoms with Crippen LogP contribution < -0.4 is 29.0 Å². The molecule has 0 aliphatic carbocycles. The normalized spacial score (nSPS) is 16.1. The molecular formula is C33H41NO10S. The predicted octanol–water partition coefficient (Wildman–Crippen LogP) is 5.80. The van der Waals surface area contributed by atoms with Crippen molar-refractivity contribution >= 4 is 15.9 Å². The van der Waals surface area contributed by atoms with Gasteiger partial charge in [-0.3, -0.25) is 0 Å². The third-order valence-corrected chi connectivity index (χ3v) is 8.34. The van der Waals surface area contributed by atoms with Crippen LogP contribution in [0.25, 0.3) is 0 Å². The first kappa shape index (κ1) is 33.7. The van der Waals surface area contributed by atoms with Crippen LogP contribution in [-0.4, -0.2) is 61.9 Å². The Kier molecular flexibility index (Phi) is 11.8. The Morgan fingerprint density at radius 1 is 0.867 bits per heavy atom. The second-order valence-corrected chi connectivity index (χ2v) is 12.4. The molecule has 45 heavy (non-hydrogen) atoms. The van der Waals surface area contributed by atoms with Crippen LogP contribution in [0.3, 0.4) is 0 Å². The molecule has 0 spiro atoms. The van der Waals surface area contributed by atoms with Gasteiger partial charge in [0.15, 0.2) is 32.8 Å². The second kappa shape index (κ2) is 15.7. The highest BCUT2D eigenvalue weighted by atomic mass is 32.2. The van der Waals surface area contributed by atoms with Crippen molar-refractivity contribution in [3.63, 3.8) is 0 Å². The van der Waals surface area contributed by atoms with Crippen molar-refractivity contribution in [2.75, 3.05) is 47.3 Å². The number of nitrogens with one attached hydrogen (secondary N) is 1. The van der Waals surface area contributed by atoms with Gasteiger partial charge in [-0.2, -0.15) is 0 Å². The molecule has 4 rings (SSSR count). The molecule has 1 amide bonds. The van der Waals surface area contributed by atoms with Crippen molar-refractivity contribution in [2.24, 2.45) is 0 Å². The lowest BCUT2D eigenvalue weighted by molar-refractivity contribution is 0.0435. The Labute approximate surface area is 264 Å². The maximum atomic E-state index is 12.9. The molecule has 0 unspecified atom stereocenters. The zero-order valence-electron chi connectivity index (χ0n) is 26.3. The Bertz CT molecular complexity index is 1520. The Balaban J connectivity index is 1.46. The van der Waals surface area contributed by atoms with Gasteiger partial charge in [0.2, 0.25) is 5.75 Å². The third-order valence-electron chi connectivity index (χ3n) is 7.24. The zero-order valence-corrected chi connectivity index (χ0v) is 27.1. The number of alkyl carbamates (subject to hydrolysis) is 1. The van der Waals surface area contributed by atoms with Crippen LogP contribution in [0.15, 0.2) is 59.5 Å².